The smallest absolute Gasteiger partial charge is 0.167 e. The predicted octanol–water partition coefficient (Wildman–Crippen LogP) is 0.192. The van der Waals surface area contributed by atoms with Gasteiger partial charge in [-0.05, 0) is 0 Å². The first kappa shape index (κ1) is 9.05. The van der Waals surface area contributed by atoms with E-state index in [1.807, 2.05) is 0 Å². The molecule has 2 N–H and O–H groups in total. The maximum atomic E-state index is 11.0. The van der Waals surface area contributed by atoms with Crippen molar-refractivity contribution in [3.05, 3.63) is 11.8 Å². The van der Waals surface area contributed by atoms with Crippen molar-refractivity contribution in [2.24, 2.45) is 0 Å². The third-order valence-electron chi connectivity index (χ3n) is 1.38. The molecule has 0 saturated carbocycles. The lowest BCUT2D eigenvalue weighted by molar-refractivity contribution is 0.395. The monoisotopic (exact) mass is 190 g/mol. The van der Waals surface area contributed by atoms with Crippen molar-refractivity contribution in [1.29, 1.82) is 0 Å². The van der Waals surface area contributed by atoms with Gasteiger partial charge in [-0.3, -0.25) is 0 Å². The molecular weight excluding hydrogens is 180 g/mol. The van der Waals surface area contributed by atoms with Gasteiger partial charge in [-0.25, -0.2) is 8.42 Å². The predicted molar refractivity (Wildman–Crippen MR) is 44.1 cm³/mol. The molecule has 0 saturated heterocycles. The van der Waals surface area contributed by atoms with Crippen LogP contribution in [0.4, 0.5) is 5.82 Å². The van der Waals surface area contributed by atoms with Crippen molar-refractivity contribution in [2.75, 3.05) is 11.5 Å². The molecule has 1 heterocycles. The second-order valence-corrected chi connectivity index (χ2v) is 4.75. The van der Waals surface area contributed by atoms with Crippen molar-refractivity contribution in [1.82, 2.24) is 5.16 Å². The zero-order valence-electron chi connectivity index (χ0n) is 6.65. The van der Waals surface area contributed by atoms with E-state index in [1.54, 1.807) is 6.92 Å². The molecule has 0 amide bonds. The summed E-state index contributed by atoms with van der Waals surface area (Å²) >= 11 is 0. The molecule has 0 aliphatic carbocycles. The van der Waals surface area contributed by atoms with Crippen LogP contribution in [0.25, 0.3) is 0 Å². The highest BCUT2D eigenvalue weighted by atomic mass is 32.2. The Hall–Kier alpha value is -1.04. The van der Waals surface area contributed by atoms with Crippen LogP contribution in [0, 0.1) is 0 Å². The van der Waals surface area contributed by atoms with Gasteiger partial charge in [0.1, 0.15) is 5.75 Å². The third-order valence-corrected chi connectivity index (χ3v) is 2.98. The van der Waals surface area contributed by atoms with Crippen molar-refractivity contribution in [2.45, 2.75) is 12.7 Å². The molecule has 0 aromatic carbocycles. The number of rotatable bonds is 3. The molecule has 1 rings (SSSR count). The molecule has 0 bridgehead atoms. The number of aromatic nitrogens is 1. The van der Waals surface area contributed by atoms with E-state index >= 15 is 0 Å². The van der Waals surface area contributed by atoms with Gasteiger partial charge in [0.05, 0.1) is 0 Å². The van der Waals surface area contributed by atoms with E-state index < -0.39 is 9.84 Å². The maximum Gasteiger partial charge on any atom is 0.167 e. The van der Waals surface area contributed by atoms with Gasteiger partial charge >= 0.3 is 0 Å². The van der Waals surface area contributed by atoms with E-state index in [-0.39, 0.29) is 23.1 Å². The molecule has 1 aromatic rings. The normalized spacial score (nSPS) is 11.8. The minimum atomic E-state index is -3.05. The minimum absolute atomic E-state index is 0.0909. The topological polar surface area (TPSA) is 86.2 Å². The Morgan fingerprint density at radius 3 is 2.75 bits per heavy atom. The SMILES string of the molecule is CCS(=O)(=O)Cc1cc(N)no1. The van der Waals surface area contributed by atoms with Crippen molar-refractivity contribution >= 4 is 15.7 Å². The lowest BCUT2D eigenvalue weighted by atomic mass is 10.5. The van der Waals surface area contributed by atoms with E-state index in [0.29, 0.717) is 0 Å². The van der Waals surface area contributed by atoms with Crippen LogP contribution in [-0.2, 0) is 15.6 Å². The van der Waals surface area contributed by atoms with Crippen LogP contribution in [0.3, 0.4) is 0 Å². The fourth-order valence-corrected chi connectivity index (χ4v) is 1.49. The van der Waals surface area contributed by atoms with Gasteiger partial charge in [0.25, 0.3) is 0 Å². The van der Waals surface area contributed by atoms with E-state index in [9.17, 15) is 8.42 Å². The highest BCUT2D eigenvalue weighted by Gasteiger charge is 2.12. The molecule has 12 heavy (non-hydrogen) atoms. The summed E-state index contributed by atoms with van der Waals surface area (Å²) in [6.45, 7) is 1.58. The second kappa shape index (κ2) is 3.14. The summed E-state index contributed by atoms with van der Waals surface area (Å²) in [5.74, 6) is 0.451. The van der Waals surface area contributed by atoms with Gasteiger partial charge in [0, 0.05) is 11.8 Å². The fraction of sp³-hybridized carbons (Fsp3) is 0.500. The summed E-state index contributed by atoms with van der Waals surface area (Å²) in [6, 6.07) is 1.41. The summed E-state index contributed by atoms with van der Waals surface area (Å²) in [6.07, 6.45) is 0. The molecule has 0 atom stereocenters. The Bertz CT molecular complexity index is 355. The summed E-state index contributed by atoms with van der Waals surface area (Å²) in [7, 11) is -3.05. The van der Waals surface area contributed by atoms with Crippen LogP contribution in [-0.4, -0.2) is 19.3 Å². The molecule has 0 spiro atoms. The van der Waals surface area contributed by atoms with E-state index in [2.05, 4.69) is 9.68 Å². The number of nitrogen functional groups attached to an aromatic ring is 1. The number of hydrogen-bond donors (Lipinski definition) is 1. The molecule has 5 nitrogen and oxygen atoms in total. The summed E-state index contributed by atoms with van der Waals surface area (Å²) in [5.41, 5.74) is 5.24. The lowest BCUT2D eigenvalue weighted by Crippen LogP contribution is -2.05. The Kier molecular flexibility index (Phi) is 2.37. The largest absolute Gasteiger partial charge is 0.381 e. The van der Waals surface area contributed by atoms with Gasteiger partial charge < -0.3 is 10.3 Å². The molecule has 0 aliphatic heterocycles. The standard InChI is InChI=1S/C6H10N2O3S/c1-2-12(9,10)4-5-3-6(7)8-11-5/h3H,2,4H2,1H3,(H2,7,8). The molecule has 6 heteroatoms. The number of nitrogens with two attached hydrogens (primary N) is 1. The number of nitrogens with zero attached hydrogens (tertiary/aromatic N) is 1. The summed E-state index contributed by atoms with van der Waals surface area (Å²) in [4.78, 5) is 0. The molecule has 68 valence electrons. The second-order valence-electron chi connectivity index (χ2n) is 2.39. The quantitative estimate of drug-likeness (QED) is 0.735. The number of sulfone groups is 1. The molecular formula is C6H10N2O3S. The van der Waals surface area contributed by atoms with E-state index in [4.69, 9.17) is 5.73 Å². The van der Waals surface area contributed by atoms with Crippen LogP contribution >= 0.6 is 0 Å². The lowest BCUT2D eigenvalue weighted by Gasteiger charge is -1.94. The number of anilines is 1. The first-order chi connectivity index (χ1) is 5.53. The highest BCUT2D eigenvalue weighted by molar-refractivity contribution is 7.90. The Morgan fingerprint density at radius 2 is 2.33 bits per heavy atom. The Labute approximate surface area is 70.5 Å². The molecule has 1 aromatic heterocycles. The van der Waals surface area contributed by atoms with Crippen LogP contribution in [0.1, 0.15) is 12.7 Å². The summed E-state index contributed by atoms with van der Waals surface area (Å²) in [5, 5.41) is 3.37. The molecule has 0 aliphatic rings. The average molecular weight is 190 g/mol. The Balaban J connectivity index is 2.77. The summed E-state index contributed by atoms with van der Waals surface area (Å²) < 4.78 is 26.7. The first-order valence-electron chi connectivity index (χ1n) is 3.45. The molecule has 0 radical (unpaired) electrons. The maximum absolute atomic E-state index is 11.0. The third kappa shape index (κ3) is 2.23. The first-order valence-corrected chi connectivity index (χ1v) is 5.27. The molecule has 0 unspecified atom stereocenters. The van der Waals surface area contributed by atoms with Gasteiger partial charge in [0.2, 0.25) is 0 Å². The van der Waals surface area contributed by atoms with Gasteiger partial charge in [-0.1, -0.05) is 12.1 Å². The van der Waals surface area contributed by atoms with Crippen LogP contribution < -0.4 is 5.73 Å². The van der Waals surface area contributed by atoms with Gasteiger partial charge in [-0.2, -0.15) is 0 Å². The van der Waals surface area contributed by atoms with Crippen molar-refractivity contribution in [3.63, 3.8) is 0 Å². The van der Waals surface area contributed by atoms with Crippen molar-refractivity contribution < 1.29 is 12.9 Å². The molecule has 0 fully saturated rings. The zero-order chi connectivity index (χ0) is 9.19. The van der Waals surface area contributed by atoms with E-state index in [0.717, 1.165) is 0 Å². The average Bonchev–Trinajstić information content (AvgIpc) is 2.35. The Morgan fingerprint density at radius 1 is 1.67 bits per heavy atom. The number of hydrogen-bond acceptors (Lipinski definition) is 5. The van der Waals surface area contributed by atoms with E-state index in [1.165, 1.54) is 6.07 Å². The van der Waals surface area contributed by atoms with Crippen LogP contribution in [0.5, 0.6) is 0 Å². The zero-order valence-corrected chi connectivity index (χ0v) is 7.47. The van der Waals surface area contributed by atoms with Crippen LogP contribution in [0.2, 0.25) is 0 Å². The fourth-order valence-electron chi connectivity index (χ4n) is 0.716. The van der Waals surface area contributed by atoms with Crippen LogP contribution in [0.15, 0.2) is 10.6 Å². The van der Waals surface area contributed by atoms with Gasteiger partial charge in [-0.15, -0.1) is 0 Å². The highest BCUT2D eigenvalue weighted by Crippen LogP contribution is 2.09. The van der Waals surface area contributed by atoms with Gasteiger partial charge in [0.15, 0.2) is 21.4 Å². The van der Waals surface area contributed by atoms with Crippen molar-refractivity contribution in [3.8, 4) is 0 Å². The minimum Gasteiger partial charge on any atom is -0.381 e.